The van der Waals surface area contributed by atoms with Crippen LogP contribution in [-0.2, 0) is 12.7 Å². The molecule has 1 aromatic carbocycles. The molecule has 2 nitrogen and oxygen atoms in total. The number of alkyl halides is 3. The smallest absolute Gasteiger partial charge is 0.326 e. The van der Waals surface area contributed by atoms with Crippen LogP contribution in [0.1, 0.15) is 17.5 Å². The van der Waals surface area contributed by atoms with Gasteiger partial charge >= 0.3 is 6.18 Å². The lowest BCUT2D eigenvalue weighted by molar-refractivity contribution is -0.140. The zero-order valence-electron chi connectivity index (χ0n) is 9.67. The molecule has 6 heteroatoms. The summed E-state index contributed by atoms with van der Waals surface area (Å²) in [5.41, 5.74) is 4.56. The van der Waals surface area contributed by atoms with Crippen molar-refractivity contribution in [3.63, 3.8) is 0 Å². The van der Waals surface area contributed by atoms with Crippen LogP contribution in [0.4, 0.5) is 17.6 Å². The van der Waals surface area contributed by atoms with E-state index < -0.39 is 17.6 Å². The molecule has 1 fully saturated rings. The molecule has 1 atom stereocenters. The van der Waals surface area contributed by atoms with Crippen molar-refractivity contribution in [2.45, 2.75) is 25.2 Å². The molecular formula is C12H14F4N2. The van der Waals surface area contributed by atoms with Crippen LogP contribution in [-0.4, -0.2) is 24.0 Å². The Kier molecular flexibility index (Phi) is 3.59. The van der Waals surface area contributed by atoms with Crippen LogP contribution in [0, 0.1) is 5.82 Å². The Bertz CT molecular complexity index is 431. The van der Waals surface area contributed by atoms with Crippen molar-refractivity contribution >= 4 is 0 Å². The molecule has 1 aromatic rings. The Balaban J connectivity index is 2.19. The fourth-order valence-corrected chi connectivity index (χ4v) is 2.17. The van der Waals surface area contributed by atoms with Crippen LogP contribution < -0.4 is 5.73 Å². The van der Waals surface area contributed by atoms with Gasteiger partial charge in [0.15, 0.2) is 0 Å². The number of benzene rings is 1. The number of hydrogen-bond acceptors (Lipinski definition) is 2. The van der Waals surface area contributed by atoms with Crippen molar-refractivity contribution in [1.82, 2.24) is 4.90 Å². The Morgan fingerprint density at radius 3 is 2.61 bits per heavy atom. The number of hydrogen-bond donors (Lipinski definition) is 1. The summed E-state index contributed by atoms with van der Waals surface area (Å²) in [6, 6.07) is 3.40. The van der Waals surface area contributed by atoms with Gasteiger partial charge in [-0.25, -0.2) is 4.39 Å². The molecule has 0 aromatic heterocycles. The first kappa shape index (κ1) is 13.3. The average molecular weight is 262 g/mol. The molecule has 0 bridgehead atoms. The lowest BCUT2D eigenvalue weighted by atomic mass is 10.1. The van der Waals surface area contributed by atoms with Crippen LogP contribution in [0.3, 0.4) is 0 Å². The first-order chi connectivity index (χ1) is 8.38. The molecule has 2 rings (SSSR count). The van der Waals surface area contributed by atoms with Gasteiger partial charge in [-0.2, -0.15) is 13.2 Å². The van der Waals surface area contributed by atoms with E-state index in [1.807, 2.05) is 4.90 Å². The monoisotopic (exact) mass is 262 g/mol. The van der Waals surface area contributed by atoms with Crippen LogP contribution in [0.25, 0.3) is 0 Å². The van der Waals surface area contributed by atoms with Gasteiger partial charge in [-0.15, -0.1) is 0 Å². The number of rotatable bonds is 2. The van der Waals surface area contributed by atoms with E-state index in [9.17, 15) is 17.6 Å². The second-order valence-electron chi connectivity index (χ2n) is 4.56. The molecule has 1 aliphatic rings. The first-order valence-electron chi connectivity index (χ1n) is 5.70. The quantitative estimate of drug-likeness (QED) is 0.829. The van der Waals surface area contributed by atoms with Crippen molar-refractivity contribution in [3.05, 3.63) is 35.1 Å². The third-order valence-corrected chi connectivity index (χ3v) is 3.09. The molecule has 0 aliphatic carbocycles. The van der Waals surface area contributed by atoms with Gasteiger partial charge in [0.05, 0.1) is 5.56 Å². The van der Waals surface area contributed by atoms with Crippen LogP contribution in [0.2, 0.25) is 0 Å². The maximum atomic E-state index is 13.7. The minimum absolute atomic E-state index is 0.0267. The number of halogens is 4. The molecule has 0 saturated carbocycles. The van der Waals surface area contributed by atoms with Gasteiger partial charge in [-0.05, 0) is 12.5 Å². The summed E-state index contributed by atoms with van der Waals surface area (Å²) in [7, 11) is 0. The van der Waals surface area contributed by atoms with Gasteiger partial charge in [0.2, 0.25) is 0 Å². The standard InChI is InChI=1S/C12H14F4N2/c13-11-8(6-18-5-4-9(17)7-18)2-1-3-10(11)12(14,15)16/h1-3,9H,4-7,17H2. The Hall–Kier alpha value is -1.14. The van der Waals surface area contributed by atoms with E-state index in [0.29, 0.717) is 13.1 Å². The number of likely N-dealkylation sites (tertiary alicyclic amines) is 1. The van der Waals surface area contributed by atoms with Gasteiger partial charge in [0.25, 0.3) is 0 Å². The van der Waals surface area contributed by atoms with E-state index in [1.165, 1.54) is 12.1 Å². The largest absolute Gasteiger partial charge is 0.419 e. The van der Waals surface area contributed by atoms with Crippen molar-refractivity contribution < 1.29 is 17.6 Å². The molecule has 0 amide bonds. The molecule has 2 N–H and O–H groups in total. The minimum atomic E-state index is -4.65. The lowest BCUT2D eigenvalue weighted by Gasteiger charge is -2.17. The van der Waals surface area contributed by atoms with Crippen molar-refractivity contribution in [2.24, 2.45) is 5.73 Å². The number of nitrogens with two attached hydrogens (primary N) is 1. The molecule has 0 spiro atoms. The van der Waals surface area contributed by atoms with E-state index >= 15 is 0 Å². The fourth-order valence-electron chi connectivity index (χ4n) is 2.17. The number of nitrogens with zero attached hydrogens (tertiary/aromatic N) is 1. The van der Waals surface area contributed by atoms with Crippen molar-refractivity contribution in [1.29, 1.82) is 0 Å². The zero-order valence-corrected chi connectivity index (χ0v) is 9.67. The molecule has 1 unspecified atom stereocenters. The summed E-state index contributed by atoms with van der Waals surface area (Å²) < 4.78 is 51.3. The van der Waals surface area contributed by atoms with Gasteiger partial charge in [0.1, 0.15) is 5.82 Å². The predicted octanol–water partition coefficient (Wildman–Crippen LogP) is 2.38. The van der Waals surface area contributed by atoms with E-state index in [4.69, 9.17) is 5.73 Å². The van der Waals surface area contributed by atoms with Crippen LogP contribution in [0.15, 0.2) is 18.2 Å². The van der Waals surface area contributed by atoms with Crippen LogP contribution in [0.5, 0.6) is 0 Å². The Morgan fingerprint density at radius 2 is 2.06 bits per heavy atom. The molecule has 0 radical (unpaired) electrons. The third kappa shape index (κ3) is 2.81. The summed E-state index contributed by atoms with van der Waals surface area (Å²) in [6.45, 7) is 1.45. The highest BCUT2D eigenvalue weighted by atomic mass is 19.4. The summed E-state index contributed by atoms with van der Waals surface area (Å²) in [5, 5.41) is 0. The molecule has 1 saturated heterocycles. The van der Waals surface area contributed by atoms with E-state index in [-0.39, 0.29) is 18.2 Å². The molecule has 18 heavy (non-hydrogen) atoms. The summed E-state index contributed by atoms with van der Waals surface area (Å²) in [6.07, 6.45) is -3.86. The Labute approximate surface area is 102 Å². The summed E-state index contributed by atoms with van der Waals surface area (Å²) in [4.78, 5) is 1.86. The topological polar surface area (TPSA) is 29.3 Å². The van der Waals surface area contributed by atoms with Crippen LogP contribution >= 0.6 is 0 Å². The van der Waals surface area contributed by atoms with E-state index in [2.05, 4.69) is 0 Å². The van der Waals surface area contributed by atoms with Gasteiger partial charge < -0.3 is 5.73 Å². The lowest BCUT2D eigenvalue weighted by Crippen LogP contribution is -2.26. The van der Waals surface area contributed by atoms with Crippen molar-refractivity contribution in [2.75, 3.05) is 13.1 Å². The molecule has 1 heterocycles. The minimum Gasteiger partial charge on any atom is -0.326 e. The maximum absolute atomic E-state index is 13.7. The highest BCUT2D eigenvalue weighted by Gasteiger charge is 2.35. The summed E-state index contributed by atoms with van der Waals surface area (Å²) >= 11 is 0. The van der Waals surface area contributed by atoms with E-state index in [1.54, 1.807) is 0 Å². The summed E-state index contributed by atoms with van der Waals surface area (Å²) in [5.74, 6) is -1.18. The van der Waals surface area contributed by atoms with Gasteiger partial charge in [-0.3, -0.25) is 4.90 Å². The molecule has 100 valence electrons. The zero-order chi connectivity index (χ0) is 13.3. The van der Waals surface area contributed by atoms with E-state index in [0.717, 1.165) is 12.5 Å². The third-order valence-electron chi connectivity index (χ3n) is 3.09. The highest BCUT2D eigenvalue weighted by molar-refractivity contribution is 5.28. The maximum Gasteiger partial charge on any atom is 0.419 e. The molecular weight excluding hydrogens is 248 g/mol. The average Bonchev–Trinajstić information content (AvgIpc) is 2.65. The Morgan fingerprint density at radius 1 is 1.33 bits per heavy atom. The normalized spacial score (nSPS) is 21.5. The second kappa shape index (κ2) is 4.85. The SMILES string of the molecule is NC1CCN(Cc2cccc(C(F)(F)F)c2F)C1. The van der Waals surface area contributed by atoms with Crippen molar-refractivity contribution in [3.8, 4) is 0 Å². The molecule has 1 aliphatic heterocycles. The van der Waals surface area contributed by atoms with Gasteiger partial charge in [-0.1, -0.05) is 12.1 Å². The first-order valence-corrected chi connectivity index (χ1v) is 5.70. The highest BCUT2D eigenvalue weighted by Crippen LogP contribution is 2.32. The predicted molar refractivity (Wildman–Crippen MR) is 59.3 cm³/mol. The van der Waals surface area contributed by atoms with Gasteiger partial charge in [0, 0.05) is 31.2 Å². The fraction of sp³-hybridized carbons (Fsp3) is 0.500. The second-order valence-corrected chi connectivity index (χ2v) is 4.56.